The number of aryl methyl sites for hydroxylation is 1. The molecule has 24 heavy (non-hydrogen) atoms. The third-order valence-corrected chi connectivity index (χ3v) is 6.35. The minimum Gasteiger partial charge on any atom is -0.372 e. The molecular weight excluding hydrogens is 320 g/mol. The second-order valence-corrected chi connectivity index (χ2v) is 7.99. The van der Waals surface area contributed by atoms with Crippen LogP contribution in [0.2, 0.25) is 0 Å². The molecule has 1 aliphatic heterocycles. The summed E-state index contributed by atoms with van der Waals surface area (Å²) in [5.74, 6) is 0.731. The van der Waals surface area contributed by atoms with Crippen LogP contribution in [0, 0.1) is 0 Å². The monoisotopic (exact) mass is 346 g/mol. The first-order valence-electron chi connectivity index (χ1n) is 9.15. The second-order valence-electron chi connectivity index (χ2n) is 6.84. The van der Waals surface area contributed by atoms with E-state index in [4.69, 9.17) is 4.74 Å². The number of nitrogens with one attached hydrogen (secondary N) is 1. The molecule has 0 spiro atoms. The van der Waals surface area contributed by atoms with Crippen molar-refractivity contribution in [1.29, 1.82) is 0 Å². The lowest BCUT2D eigenvalue weighted by atomic mass is 9.86. The SMILES string of the molecule is CCn1cc([C@H]2OCCC[C@@H]2NCc2cnc(C3CCC3)s2)cn1. The summed E-state index contributed by atoms with van der Waals surface area (Å²) in [6.45, 7) is 4.73. The van der Waals surface area contributed by atoms with E-state index in [1.807, 2.05) is 22.2 Å². The molecule has 3 heterocycles. The quantitative estimate of drug-likeness (QED) is 0.868. The maximum atomic E-state index is 6.06. The molecule has 130 valence electrons. The first-order valence-corrected chi connectivity index (χ1v) is 9.97. The van der Waals surface area contributed by atoms with E-state index >= 15 is 0 Å². The molecule has 2 aliphatic rings. The van der Waals surface area contributed by atoms with Gasteiger partial charge >= 0.3 is 0 Å². The number of rotatable bonds is 6. The molecule has 2 atom stereocenters. The lowest BCUT2D eigenvalue weighted by Crippen LogP contribution is -2.38. The number of aromatic nitrogens is 3. The van der Waals surface area contributed by atoms with Crippen LogP contribution in [0.5, 0.6) is 0 Å². The average molecular weight is 347 g/mol. The molecular formula is C18H26N4OS. The molecule has 0 aromatic carbocycles. The Labute approximate surface area is 147 Å². The van der Waals surface area contributed by atoms with Gasteiger partial charge in [-0.1, -0.05) is 6.42 Å². The molecule has 2 aromatic heterocycles. The lowest BCUT2D eigenvalue weighted by molar-refractivity contribution is -0.0111. The predicted octanol–water partition coefficient (Wildman–Crippen LogP) is 3.64. The van der Waals surface area contributed by atoms with Crippen molar-refractivity contribution >= 4 is 11.3 Å². The topological polar surface area (TPSA) is 52.0 Å². The van der Waals surface area contributed by atoms with E-state index in [1.165, 1.54) is 34.7 Å². The van der Waals surface area contributed by atoms with E-state index in [0.29, 0.717) is 6.04 Å². The number of ether oxygens (including phenoxy) is 1. The summed E-state index contributed by atoms with van der Waals surface area (Å²) in [5.41, 5.74) is 1.19. The summed E-state index contributed by atoms with van der Waals surface area (Å²) in [7, 11) is 0. The number of nitrogens with zero attached hydrogens (tertiary/aromatic N) is 3. The molecule has 4 rings (SSSR count). The molecule has 1 N–H and O–H groups in total. The van der Waals surface area contributed by atoms with Crippen LogP contribution in [0.3, 0.4) is 0 Å². The van der Waals surface area contributed by atoms with Gasteiger partial charge in [-0.3, -0.25) is 4.68 Å². The standard InChI is InChI=1S/C18H26N4OS/c1-2-22-12-14(9-21-22)17-16(7-4-8-23-17)19-10-15-11-20-18(24-15)13-5-3-6-13/h9,11-13,16-17,19H,2-8,10H2,1H3/t16-,17+/m0/s1. The molecule has 1 aliphatic carbocycles. The Morgan fingerprint density at radius 2 is 2.21 bits per heavy atom. The van der Waals surface area contributed by atoms with Crippen molar-refractivity contribution in [3.63, 3.8) is 0 Å². The van der Waals surface area contributed by atoms with Gasteiger partial charge in [0.1, 0.15) is 6.10 Å². The van der Waals surface area contributed by atoms with E-state index in [9.17, 15) is 0 Å². The zero-order chi connectivity index (χ0) is 16.4. The molecule has 2 aromatic rings. The highest BCUT2D eigenvalue weighted by Crippen LogP contribution is 2.38. The van der Waals surface area contributed by atoms with Gasteiger partial charge in [0.05, 0.1) is 11.2 Å². The van der Waals surface area contributed by atoms with Gasteiger partial charge in [-0.25, -0.2) is 4.98 Å². The summed E-state index contributed by atoms with van der Waals surface area (Å²) < 4.78 is 8.04. The fourth-order valence-corrected chi connectivity index (χ4v) is 4.54. The molecule has 5 nitrogen and oxygen atoms in total. The van der Waals surface area contributed by atoms with Crippen molar-refractivity contribution in [3.05, 3.63) is 34.0 Å². The minimum absolute atomic E-state index is 0.109. The average Bonchev–Trinajstić information content (AvgIpc) is 3.21. The van der Waals surface area contributed by atoms with Crippen molar-refractivity contribution in [2.45, 2.75) is 70.2 Å². The van der Waals surface area contributed by atoms with E-state index in [1.54, 1.807) is 0 Å². The second kappa shape index (κ2) is 7.33. The Bertz CT molecular complexity index is 664. The summed E-state index contributed by atoms with van der Waals surface area (Å²) in [6.07, 6.45) is 12.5. The Morgan fingerprint density at radius 3 is 2.96 bits per heavy atom. The maximum absolute atomic E-state index is 6.06. The lowest BCUT2D eigenvalue weighted by Gasteiger charge is -2.31. The van der Waals surface area contributed by atoms with Gasteiger partial charge in [-0.05, 0) is 32.6 Å². The van der Waals surface area contributed by atoms with Crippen LogP contribution in [0.1, 0.15) is 66.5 Å². The van der Waals surface area contributed by atoms with Gasteiger partial charge in [0, 0.05) is 54.5 Å². The van der Waals surface area contributed by atoms with Crippen molar-refractivity contribution < 1.29 is 4.74 Å². The minimum atomic E-state index is 0.109. The van der Waals surface area contributed by atoms with Gasteiger partial charge in [0.15, 0.2) is 0 Å². The molecule has 6 heteroatoms. The van der Waals surface area contributed by atoms with Crippen LogP contribution >= 0.6 is 11.3 Å². The Balaban J connectivity index is 1.38. The third-order valence-electron chi connectivity index (χ3n) is 5.19. The highest BCUT2D eigenvalue weighted by atomic mass is 32.1. The smallest absolute Gasteiger partial charge is 0.101 e. The van der Waals surface area contributed by atoms with Crippen LogP contribution in [-0.2, 0) is 17.8 Å². The van der Waals surface area contributed by atoms with Crippen LogP contribution in [0.25, 0.3) is 0 Å². The summed E-state index contributed by atoms with van der Waals surface area (Å²) in [4.78, 5) is 5.97. The van der Waals surface area contributed by atoms with Crippen LogP contribution in [0.4, 0.5) is 0 Å². The fourth-order valence-electron chi connectivity index (χ4n) is 3.50. The number of hydrogen-bond donors (Lipinski definition) is 1. The molecule has 1 saturated carbocycles. The first kappa shape index (κ1) is 16.2. The highest BCUT2D eigenvalue weighted by molar-refractivity contribution is 7.11. The largest absolute Gasteiger partial charge is 0.372 e. The molecule has 0 amide bonds. The Hall–Kier alpha value is -1.24. The van der Waals surface area contributed by atoms with E-state index in [0.717, 1.165) is 38.5 Å². The molecule has 0 bridgehead atoms. The highest BCUT2D eigenvalue weighted by Gasteiger charge is 2.28. The Morgan fingerprint density at radius 1 is 1.29 bits per heavy atom. The van der Waals surface area contributed by atoms with Gasteiger partial charge in [-0.15, -0.1) is 11.3 Å². The van der Waals surface area contributed by atoms with E-state index in [2.05, 4.69) is 34.7 Å². The molecule has 1 saturated heterocycles. The Kier molecular flexibility index (Phi) is 4.96. The van der Waals surface area contributed by atoms with Crippen LogP contribution in [0.15, 0.2) is 18.6 Å². The van der Waals surface area contributed by atoms with Crippen LogP contribution < -0.4 is 5.32 Å². The number of thiazole rings is 1. The van der Waals surface area contributed by atoms with Gasteiger partial charge in [-0.2, -0.15) is 5.10 Å². The zero-order valence-corrected chi connectivity index (χ0v) is 15.1. The third kappa shape index (κ3) is 3.41. The van der Waals surface area contributed by atoms with Crippen molar-refractivity contribution in [2.24, 2.45) is 0 Å². The number of hydrogen-bond acceptors (Lipinski definition) is 5. The van der Waals surface area contributed by atoms with Gasteiger partial charge < -0.3 is 10.1 Å². The fraction of sp³-hybridized carbons (Fsp3) is 0.667. The first-order chi connectivity index (χ1) is 11.8. The van der Waals surface area contributed by atoms with Crippen molar-refractivity contribution in [3.8, 4) is 0 Å². The van der Waals surface area contributed by atoms with E-state index in [-0.39, 0.29) is 6.10 Å². The van der Waals surface area contributed by atoms with Crippen molar-refractivity contribution in [2.75, 3.05) is 6.61 Å². The molecule has 2 fully saturated rings. The normalized spacial score (nSPS) is 24.9. The molecule has 0 radical (unpaired) electrons. The summed E-state index contributed by atoms with van der Waals surface area (Å²) in [5, 5.41) is 9.44. The summed E-state index contributed by atoms with van der Waals surface area (Å²) >= 11 is 1.88. The van der Waals surface area contributed by atoms with Gasteiger partial charge in [0.25, 0.3) is 0 Å². The van der Waals surface area contributed by atoms with Crippen LogP contribution in [-0.4, -0.2) is 27.4 Å². The predicted molar refractivity (Wildman–Crippen MR) is 95.2 cm³/mol. The van der Waals surface area contributed by atoms with E-state index < -0.39 is 0 Å². The summed E-state index contributed by atoms with van der Waals surface area (Å²) in [6, 6.07) is 0.350. The van der Waals surface area contributed by atoms with Gasteiger partial charge in [0.2, 0.25) is 0 Å². The maximum Gasteiger partial charge on any atom is 0.101 e. The molecule has 0 unspecified atom stereocenters. The van der Waals surface area contributed by atoms with Crippen molar-refractivity contribution in [1.82, 2.24) is 20.1 Å². The zero-order valence-electron chi connectivity index (χ0n) is 14.3.